The fourth-order valence-electron chi connectivity index (χ4n) is 7.83. The molecule has 0 N–H and O–H groups in total. The molecule has 5 rings (SSSR count). The van der Waals surface area contributed by atoms with E-state index in [1.807, 2.05) is 6.08 Å². The standard InChI is InChI=1S/C26H34O/c1-25-15-12-21(27)18-20(25)9-10-22-23(25)13-17-26(14-5-8-24(22)26)16-11-19-6-3-2-4-7-19/h2-4,6-7,18,22-24H,5,8-17H2,1H3/t22-,23+,24+,25+,26-/m1/s1. The fourth-order valence-corrected chi connectivity index (χ4v) is 7.83. The molecule has 5 atom stereocenters. The minimum absolute atomic E-state index is 0.324. The summed E-state index contributed by atoms with van der Waals surface area (Å²) in [5.41, 5.74) is 3.96. The number of carbonyl (C=O) groups excluding carboxylic acids is 1. The van der Waals surface area contributed by atoms with Crippen LogP contribution in [-0.4, -0.2) is 5.78 Å². The summed E-state index contributed by atoms with van der Waals surface area (Å²) in [6.07, 6.45) is 16.3. The fraction of sp³-hybridized carbons (Fsp3) is 0.654. The van der Waals surface area contributed by atoms with Gasteiger partial charge < -0.3 is 0 Å². The van der Waals surface area contributed by atoms with Gasteiger partial charge in [-0.1, -0.05) is 49.2 Å². The van der Waals surface area contributed by atoms with Crippen molar-refractivity contribution in [1.82, 2.24) is 0 Å². The third kappa shape index (κ3) is 2.84. The van der Waals surface area contributed by atoms with Crippen LogP contribution in [0.25, 0.3) is 0 Å². The van der Waals surface area contributed by atoms with Crippen molar-refractivity contribution in [3.8, 4) is 0 Å². The van der Waals surface area contributed by atoms with Crippen LogP contribution in [0.15, 0.2) is 42.0 Å². The van der Waals surface area contributed by atoms with Crippen molar-refractivity contribution in [2.24, 2.45) is 28.6 Å². The molecule has 0 radical (unpaired) electrons. The highest BCUT2D eigenvalue weighted by molar-refractivity contribution is 5.91. The summed E-state index contributed by atoms with van der Waals surface area (Å²) in [6, 6.07) is 11.1. The Hall–Kier alpha value is -1.37. The molecule has 4 aliphatic carbocycles. The zero-order chi connectivity index (χ0) is 18.5. The van der Waals surface area contributed by atoms with Crippen LogP contribution in [0.2, 0.25) is 0 Å². The Morgan fingerprint density at radius 3 is 2.67 bits per heavy atom. The molecule has 0 saturated heterocycles. The van der Waals surface area contributed by atoms with Crippen molar-refractivity contribution >= 4 is 5.78 Å². The summed E-state index contributed by atoms with van der Waals surface area (Å²) < 4.78 is 0. The highest BCUT2D eigenvalue weighted by Gasteiger charge is 2.57. The Labute approximate surface area is 164 Å². The first kappa shape index (κ1) is 17.7. The van der Waals surface area contributed by atoms with Gasteiger partial charge in [-0.25, -0.2) is 0 Å². The van der Waals surface area contributed by atoms with Gasteiger partial charge in [0.25, 0.3) is 0 Å². The molecule has 1 nitrogen and oxygen atoms in total. The molecule has 1 aromatic carbocycles. The van der Waals surface area contributed by atoms with Crippen LogP contribution < -0.4 is 0 Å². The lowest BCUT2D eigenvalue weighted by Crippen LogP contribution is -2.50. The van der Waals surface area contributed by atoms with Crippen LogP contribution in [-0.2, 0) is 11.2 Å². The minimum atomic E-state index is 0.324. The molecule has 3 saturated carbocycles. The maximum absolute atomic E-state index is 12.0. The molecule has 3 fully saturated rings. The van der Waals surface area contributed by atoms with Crippen molar-refractivity contribution in [2.75, 3.05) is 0 Å². The zero-order valence-corrected chi connectivity index (χ0v) is 16.9. The molecule has 0 heterocycles. The molecule has 0 amide bonds. The molecule has 1 aromatic rings. The van der Waals surface area contributed by atoms with E-state index in [9.17, 15) is 4.79 Å². The first-order valence-corrected chi connectivity index (χ1v) is 11.4. The minimum Gasteiger partial charge on any atom is -0.295 e. The van der Waals surface area contributed by atoms with Gasteiger partial charge in [0.05, 0.1) is 0 Å². The van der Waals surface area contributed by atoms with Crippen LogP contribution in [0.5, 0.6) is 0 Å². The molecule has 27 heavy (non-hydrogen) atoms. The van der Waals surface area contributed by atoms with Gasteiger partial charge in [-0.2, -0.15) is 0 Å². The van der Waals surface area contributed by atoms with E-state index in [4.69, 9.17) is 0 Å². The van der Waals surface area contributed by atoms with E-state index in [2.05, 4.69) is 37.3 Å². The van der Waals surface area contributed by atoms with Crippen LogP contribution in [0.4, 0.5) is 0 Å². The number of allylic oxidation sites excluding steroid dienone is 1. The number of hydrogen-bond donors (Lipinski definition) is 0. The van der Waals surface area contributed by atoms with E-state index in [1.54, 1.807) is 0 Å². The van der Waals surface area contributed by atoms with E-state index in [1.165, 1.54) is 68.9 Å². The molecule has 144 valence electrons. The van der Waals surface area contributed by atoms with Crippen molar-refractivity contribution in [3.63, 3.8) is 0 Å². The summed E-state index contributed by atoms with van der Waals surface area (Å²) >= 11 is 0. The van der Waals surface area contributed by atoms with Crippen molar-refractivity contribution < 1.29 is 4.79 Å². The lowest BCUT2D eigenvalue weighted by molar-refractivity contribution is -0.117. The second-order valence-electron chi connectivity index (χ2n) is 10.2. The number of rotatable bonds is 3. The number of aryl methyl sites for hydroxylation is 1. The van der Waals surface area contributed by atoms with Gasteiger partial charge >= 0.3 is 0 Å². The average Bonchev–Trinajstić information content (AvgIpc) is 3.12. The molecule has 0 bridgehead atoms. The topological polar surface area (TPSA) is 17.1 Å². The third-order valence-corrected chi connectivity index (χ3v) is 9.24. The van der Waals surface area contributed by atoms with Gasteiger partial charge in [0.2, 0.25) is 0 Å². The predicted molar refractivity (Wildman–Crippen MR) is 110 cm³/mol. The highest BCUT2D eigenvalue weighted by Crippen LogP contribution is 2.66. The summed E-state index contributed by atoms with van der Waals surface area (Å²) in [7, 11) is 0. The summed E-state index contributed by atoms with van der Waals surface area (Å²) in [5.74, 6) is 3.07. The van der Waals surface area contributed by atoms with Crippen LogP contribution >= 0.6 is 0 Å². The van der Waals surface area contributed by atoms with E-state index < -0.39 is 0 Å². The Bertz CT molecular complexity index is 747. The van der Waals surface area contributed by atoms with Crippen LogP contribution in [0.1, 0.15) is 76.7 Å². The third-order valence-electron chi connectivity index (χ3n) is 9.24. The van der Waals surface area contributed by atoms with E-state index in [0.29, 0.717) is 16.6 Å². The second kappa shape index (κ2) is 6.61. The van der Waals surface area contributed by atoms with Gasteiger partial charge in [-0.15, -0.1) is 0 Å². The summed E-state index contributed by atoms with van der Waals surface area (Å²) in [5, 5.41) is 0. The van der Waals surface area contributed by atoms with Crippen molar-refractivity contribution in [2.45, 2.75) is 77.6 Å². The smallest absolute Gasteiger partial charge is 0.155 e. The van der Waals surface area contributed by atoms with Crippen molar-refractivity contribution in [3.05, 3.63) is 47.5 Å². The van der Waals surface area contributed by atoms with Gasteiger partial charge in [0.15, 0.2) is 5.78 Å². The Morgan fingerprint density at radius 1 is 0.963 bits per heavy atom. The Kier molecular flexibility index (Phi) is 4.33. The molecule has 1 heteroatoms. The van der Waals surface area contributed by atoms with Gasteiger partial charge in [-0.3, -0.25) is 4.79 Å². The normalized spacial score (nSPS) is 40.7. The Morgan fingerprint density at radius 2 is 1.81 bits per heavy atom. The summed E-state index contributed by atoms with van der Waals surface area (Å²) in [4.78, 5) is 12.0. The lowest BCUT2D eigenvalue weighted by atomic mass is 9.47. The highest BCUT2D eigenvalue weighted by atomic mass is 16.1. The molecule has 0 unspecified atom stereocenters. The molecular weight excluding hydrogens is 328 g/mol. The molecule has 0 aromatic heterocycles. The molecule has 0 aliphatic heterocycles. The molecule has 0 spiro atoms. The van der Waals surface area contributed by atoms with E-state index in [0.717, 1.165) is 30.6 Å². The Balaban J connectivity index is 1.38. The SMILES string of the molecule is C[C@]12CCC(=O)C=C1CC[C@H]1[C@@H]3CCC[C@@]3(CCc3ccccc3)CC[C@@H]12. The number of ketones is 1. The maximum atomic E-state index is 12.0. The lowest BCUT2D eigenvalue weighted by Gasteiger charge is -2.58. The first-order chi connectivity index (χ1) is 13.1. The number of hydrogen-bond acceptors (Lipinski definition) is 1. The summed E-state index contributed by atoms with van der Waals surface area (Å²) in [6.45, 7) is 2.51. The number of fused-ring (bicyclic) bond motifs is 5. The maximum Gasteiger partial charge on any atom is 0.155 e. The van der Waals surface area contributed by atoms with Gasteiger partial charge in [-0.05, 0) is 98.0 Å². The van der Waals surface area contributed by atoms with Crippen LogP contribution in [0.3, 0.4) is 0 Å². The zero-order valence-electron chi connectivity index (χ0n) is 16.9. The van der Waals surface area contributed by atoms with Crippen molar-refractivity contribution in [1.29, 1.82) is 0 Å². The number of benzene rings is 1. The van der Waals surface area contributed by atoms with E-state index in [-0.39, 0.29) is 0 Å². The quantitative estimate of drug-likeness (QED) is 0.598. The number of carbonyl (C=O) groups is 1. The molecule has 4 aliphatic rings. The first-order valence-electron chi connectivity index (χ1n) is 11.4. The monoisotopic (exact) mass is 362 g/mol. The van der Waals surface area contributed by atoms with Crippen LogP contribution in [0, 0.1) is 28.6 Å². The average molecular weight is 363 g/mol. The molecular formula is C26H34O. The second-order valence-corrected chi connectivity index (χ2v) is 10.2. The predicted octanol–water partition coefficient (Wildman–Crippen LogP) is 6.52. The van der Waals surface area contributed by atoms with Gasteiger partial charge in [0.1, 0.15) is 0 Å². The van der Waals surface area contributed by atoms with E-state index >= 15 is 0 Å². The van der Waals surface area contributed by atoms with Gasteiger partial charge in [0, 0.05) is 6.42 Å². The largest absolute Gasteiger partial charge is 0.295 e.